The van der Waals surface area contributed by atoms with Crippen molar-refractivity contribution < 1.29 is 0 Å². The van der Waals surface area contributed by atoms with Gasteiger partial charge in [-0.2, -0.15) is 4.52 Å². The fourth-order valence-corrected chi connectivity index (χ4v) is 4.80. The largest absolute Gasteiger partial charge is 0.242 e. The molecule has 6 nitrogen and oxygen atoms in total. The molecule has 4 aromatic rings. The number of hydrogen-bond acceptors (Lipinski definition) is 6. The zero-order chi connectivity index (χ0) is 15.4. The van der Waals surface area contributed by atoms with Crippen LogP contribution in [0.2, 0.25) is 0 Å². The zero-order valence-electron chi connectivity index (χ0n) is 12.9. The van der Waals surface area contributed by atoms with Gasteiger partial charge < -0.3 is 0 Å². The van der Waals surface area contributed by atoms with Gasteiger partial charge in [0.2, 0.25) is 0 Å². The van der Waals surface area contributed by atoms with Gasteiger partial charge in [0.05, 0.1) is 5.52 Å². The molecule has 0 atom stereocenters. The number of unbranched alkanes of at least 4 members (excludes halogenated alkanes) is 1. The summed E-state index contributed by atoms with van der Waals surface area (Å²) in [5.74, 6) is 0. The van der Waals surface area contributed by atoms with Crippen LogP contribution >= 0.6 is 11.3 Å². The van der Waals surface area contributed by atoms with Crippen LogP contribution in [-0.2, 0) is 19.3 Å². The fourth-order valence-electron chi connectivity index (χ4n) is 3.65. The Morgan fingerprint density at radius 3 is 3.09 bits per heavy atom. The van der Waals surface area contributed by atoms with Crippen molar-refractivity contribution in [1.29, 1.82) is 0 Å². The summed E-state index contributed by atoms with van der Waals surface area (Å²) in [6.45, 7) is 2.23. The van der Waals surface area contributed by atoms with Crippen molar-refractivity contribution in [1.82, 2.24) is 30.0 Å². The van der Waals surface area contributed by atoms with Crippen LogP contribution in [0.15, 0.2) is 6.33 Å². The number of rotatable bonds is 3. The van der Waals surface area contributed by atoms with Gasteiger partial charge in [-0.15, -0.1) is 16.4 Å². The molecule has 7 heteroatoms. The molecule has 0 fully saturated rings. The Kier molecular flexibility index (Phi) is 2.85. The number of aryl methyl sites for hydroxylation is 2. The first-order valence-electron chi connectivity index (χ1n) is 8.16. The Morgan fingerprint density at radius 2 is 2.17 bits per heavy atom. The van der Waals surface area contributed by atoms with Crippen LogP contribution in [0.25, 0.3) is 26.1 Å². The lowest BCUT2D eigenvalue weighted by atomic mass is 10.0. The van der Waals surface area contributed by atoms with E-state index in [1.54, 1.807) is 22.2 Å². The van der Waals surface area contributed by atoms with E-state index in [9.17, 15) is 0 Å². The summed E-state index contributed by atoms with van der Waals surface area (Å²) in [6, 6.07) is 0. The van der Waals surface area contributed by atoms with E-state index in [1.807, 2.05) is 0 Å². The van der Waals surface area contributed by atoms with E-state index in [0.29, 0.717) is 0 Å². The van der Waals surface area contributed by atoms with Crippen LogP contribution in [0, 0.1) is 0 Å². The minimum absolute atomic E-state index is 0.778. The summed E-state index contributed by atoms with van der Waals surface area (Å²) in [5, 5.41) is 13.1. The van der Waals surface area contributed by atoms with E-state index >= 15 is 0 Å². The van der Waals surface area contributed by atoms with E-state index in [4.69, 9.17) is 4.98 Å². The van der Waals surface area contributed by atoms with E-state index in [1.165, 1.54) is 41.5 Å². The van der Waals surface area contributed by atoms with Gasteiger partial charge in [0.1, 0.15) is 15.9 Å². The molecule has 0 N–H and O–H groups in total. The van der Waals surface area contributed by atoms with Gasteiger partial charge in [0, 0.05) is 11.1 Å². The molecule has 0 spiro atoms. The second kappa shape index (κ2) is 4.92. The van der Waals surface area contributed by atoms with Gasteiger partial charge in [0.15, 0.2) is 5.65 Å². The van der Waals surface area contributed by atoms with Crippen LogP contribution < -0.4 is 0 Å². The van der Waals surface area contributed by atoms with Crippen molar-refractivity contribution in [3.05, 3.63) is 23.1 Å². The smallest absolute Gasteiger partial charge is 0.200 e. The molecule has 116 valence electrons. The maximum absolute atomic E-state index is 5.01. The quantitative estimate of drug-likeness (QED) is 0.579. The fraction of sp³-hybridized carbons (Fsp3) is 0.438. The van der Waals surface area contributed by atoms with Crippen LogP contribution in [0.5, 0.6) is 0 Å². The SMILES string of the molecule is CCCCc1nc2sc3c(ncn4nnnc34)c2c2c1CCC2. The van der Waals surface area contributed by atoms with Crippen LogP contribution in [-0.4, -0.2) is 30.0 Å². The standard InChI is InChI=1S/C16H16N6S/c1-2-3-7-11-9-5-4-6-10(9)12-13-14(23-16(12)18-11)15-19-20-21-22(15)8-17-13/h8H,2-7H2,1H3. The molecule has 4 aromatic heterocycles. The van der Waals surface area contributed by atoms with Crippen LogP contribution in [0.1, 0.15) is 43.0 Å². The maximum Gasteiger partial charge on any atom is 0.200 e. The summed E-state index contributed by atoms with van der Waals surface area (Å²) in [4.78, 5) is 10.7. The number of thiophene rings is 1. The van der Waals surface area contributed by atoms with Crippen molar-refractivity contribution in [2.24, 2.45) is 0 Å². The van der Waals surface area contributed by atoms with Gasteiger partial charge in [-0.05, 0) is 53.7 Å². The number of nitrogens with zero attached hydrogens (tertiary/aromatic N) is 6. The van der Waals surface area contributed by atoms with Crippen LogP contribution in [0.4, 0.5) is 0 Å². The van der Waals surface area contributed by atoms with E-state index in [-0.39, 0.29) is 0 Å². The second-order valence-electron chi connectivity index (χ2n) is 6.12. The van der Waals surface area contributed by atoms with Gasteiger partial charge in [-0.1, -0.05) is 13.3 Å². The molecule has 0 saturated carbocycles. The average molecular weight is 324 g/mol. The molecule has 5 rings (SSSR count). The summed E-state index contributed by atoms with van der Waals surface area (Å²) < 4.78 is 2.68. The Bertz CT molecular complexity index is 1050. The summed E-state index contributed by atoms with van der Waals surface area (Å²) >= 11 is 1.67. The highest BCUT2D eigenvalue weighted by Gasteiger charge is 2.24. The Labute approximate surface area is 136 Å². The van der Waals surface area contributed by atoms with Gasteiger partial charge >= 0.3 is 0 Å². The molecule has 0 aromatic carbocycles. The molecule has 0 bridgehead atoms. The summed E-state index contributed by atoms with van der Waals surface area (Å²) in [6.07, 6.45) is 8.71. The van der Waals surface area contributed by atoms with Crippen molar-refractivity contribution in [2.75, 3.05) is 0 Å². The number of hydrogen-bond donors (Lipinski definition) is 0. The van der Waals surface area contributed by atoms with E-state index in [2.05, 4.69) is 27.4 Å². The molecule has 0 unspecified atom stereocenters. The Morgan fingerprint density at radius 1 is 1.26 bits per heavy atom. The monoisotopic (exact) mass is 324 g/mol. The number of fused-ring (bicyclic) bond motifs is 7. The number of pyridine rings is 1. The third-order valence-corrected chi connectivity index (χ3v) is 5.80. The first-order chi connectivity index (χ1) is 11.4. The summed E-state index contributed by atoms with van der Waals surface area (Å²) in [5.41, 5.74) is 6.04. The van der Waals surface area contributed by atoms with E-state index < -0.39 is 0 Å². The number of aromatic nitrogens is 6. The second-order valence-corrected chi connectivity index (χ2v) is 7.12. The molecule has 23 heavy (non-hydrogen) atoms. The zero-order valence-corrected chi connectivity index (χ0v) is 13.7. The predicted molar refractivity (Wildman–Crippen MR) is 89.9 cm³/mol. The van der Waals surface area contributed by atoms with Crippen LogP contribution in [0.3, 0.4) is 0 Å². The average Bonchev–Trinajstić information content (AvgIpc) is 3.27. The maximum atomic E-state index is 5.01. The van der Waals surface area contributed by atoms with Crippen molar-refractivity contribution in [3.8, 4) is 0 Å². The molecule has 0 aliphatic heterocycles. The van der Waals surface area contributed by atoms with Gasteiger partial charge in [-0.25, -0.2) is 9.97 Å². The van der Waals surface area contributed by atoms with Crippen molar-refractivity contribution in [3.63, 3.8) is 0 Å². The lowest BCUT2D eigenvalue weighted by Crippen LogP contribution is -1.98. The molecular formula is C16H16N6S. The van der Waals surface area contributed by atoms with E-state index in [0.717, 1.165) is 40.0 Å². The van der Waals surface area contributed by atoms with Gasteiger partial charge in [-0.3, -0.25) is 0 Å². The molecule has 0 radical (unpaired) electrons. The molecule has 1 aliphatic carbocycles. The normalized spacial score (nSPS) is 14.3. The highest BCUT2D eigenvalue weighted by atomic mass is 32.1. The van der Waals surface area contributed by atoms with Crippen molar-refractivity contribution in [2.45, 2.75) is 45.4 Å². The third-order valence-electron chi connectivity index (χ3n) is 4.73. The molecule has 4 heterocycles. The Balaban J connectivity index is 1.87. The Hall–Kier alpha value is -2.15. The van der Waals surface area contributed by atoms with Gasteiger partial charge in [0.25, 0.3) is 0 Å². The first-order valence-corrected chi connectivity index (χ1v) is 8.98. The minimum Gasteiger partial charge on any atom is -0.242 e. The molecule has 1 aliphatic rings. The first kappa shape index (κ1) is 13.3. The minimum atomic E-state index is 0.778. The topological polar surface area (TPSA) is 68.9 Å². The number of tetrazole rings is 1. The lowest BCUT2D eigenvalue weighted by molar-refractivity contribution is 0.770. The highest BCUT2D eigenvalue weighted by Crippen LogP contribution is 2.40. The molecule has 0 amide bonds. The molecular weight excluding hydrogens is 308 g/mol. The lowest BCUT2D eigenvalue weighted by Gasteiger charge is -2.08. The van der Waals surface area contributed by atoms with Crippen molar-refractivity contribution >= 4 is 37.4 Å². The molecule has 0 saturated heterocycles. The predicted octanol–water partition coefficient (Wildman–Crippen LogP) is 3.11. The summed E-state index contributed by atoms with van der Waals surface area (Å²) in [7, 11) is 0. The highest BCUT2D eigenvalue weighted by molar-refractivity contribution is 7.26. The third kappa shape index (κ3) is 1.83.